The van der Waals surface area contributed by atoms with E-state index in [1.807, 2.05) is 13.8 Å². The zero-order chi connectivity index (χ0) is 26.3. The van der Waals surface area contributed by atoms with Crippen LogP contribution in [0, 0.1) is 20.8 Å². The molecule has 0 aliphatic carbocycles. The standard InChI is InChI=1S/C19H16ClF3N2O.C5H11NO.C2H6/c1-10-6-14(19(21,22)23)7-15-12(3)24-25(18(10)15)8-16-11(2)13(9-26)4-5-17(16)20;1-6-2-4-7-5-3-6;1-2/h4-7,9H,8H2,1-3H3;2-5H2,1H3;1-2H3. The SMILES string of the molecule is CC.CN1CCOCC1.Cc1c(C=O)ccc(Cl)c1Cn1nc(C)c2cc(C(F)(F)F)cc(C)c21. The van der Waals surface area contributed by atoms with Crippen molar-refractivity contribution in [1.29, 1.82) is 0 Å². The zero-order valence-corrected chi connectivity index (χ0v) is 21.8. The summed E-state index contributed by atoms with van der Waals surface area (Å²) in [5.41, 5.74) is 2.90. The summed E-state index contributed by atoms with van der Waals surface area (Å²) in [7, 11) is 2.11. The van der Waals surface area contributed by atoms with Gasteiger partial charge in [0, 0.05) is 29.1 Å². The number of aromatic nitrogens is 2. The molecule has 2 aromatic carbocycles. The highest BCUT2D eigenvalue weighted by molar-refractivity contribution is 6.31. The number of rotatable bonds is 3. The van der Waals surface area contributed by atoms with E-state index < -0.39 is 11.7 Å². The first kappa shape index (κ1) is 28.8. The molecule has 4 rings (SSSR count). The van der Waals surface area contributed by atoms with Gasteiger partial charge in [0.2, 0.25) is 0 Å². The lowest BCUT2D eigenvalue weighted by atomic mass is 10.0. The van der Waals surface area contributed by atoms with Crippen LogP contribution in [0.15, 0.2) is 24.3 Å². The summed E-state index contributed by atoms with van der Waals surface area (Å²) in [6.45, 7) is 13.4. The van der Waals surface area contributed by atoms with E-state index in [2.05, 4.69) is 17.0 Å². The number of halogens is 4. The number of carbonyl (C=O) groups excluding carboxylic acids is 1. The van der Waals surface area contributed by atoms with Crippen LogP contribution in [0.3, 0.4) is 0 Å². The molecular weight excluding hydrogens is 479 g/mol. The van der Waals surface area contributed by atoms with Gasteiger partial charge in [0.1, 0.15) is 6.29 Å². The van der Waals surface area contributed by atoms with Crippen molar-refractivity contribution in [1.82, 2.24) is 14.7 Å². The molecule has 1 aliphatic rings. The van der Waals surface area contributed by atoms with Crippen molar-refractivity contribution in [2.45, 2.75) is 47.3 Å². The van der Waals surface area contributed by atoms with Crippen LogP contribution >= 0.6 is 11.6 Å². The molecule has 0 unspecified atom stereocenters. The molecule has 9 heteroatoms. The second-order valence-corrected chi connectivity index (χ2v) is 8.61. The Bertz CT molecular complexity index is 1150. The van der Waals surface area contributed by atoms with Gasteiger partial charge in [0.15, 0.2) is 0 Å². The van der Waals surface area contributed by atoms with Gasteiger partial charge in [-0.2, -0.15) is 18.3 Å². The normalized spacial score (nSPS) is 14.1. The summed E-state index contributed by atoms with van der Waals surface area (Å²) in [5.74, 6) is 0. The van der Waals surface area contributed by atoms with Gasteiger partial charge < -0.3 is 9.64 Å². The average molecular weight is 512 g/mol. The summed E-state index contributed by atoms with van der Waals surface area (Å²) in [6.07, 6.45) is -3.66. The Morgan fingerprint density at radius 1 is 1.11 bits per heavy atom. The van der Waals surface area contributed by atoms with E-state index in [4.69, 9.17) is 16.3 Å². The van der Waals surface area contributed by atoms with Gasteiger partial charge in [-0.05, 0) is 68.8 Å². The molecule has 0 amide bonds. The topological polar surface area (TPSA) is 47.4 Å². The predicted molar refractivity (Wildman–Crippen MR) is 135 cm³/mol. The molecule has 1 saturated heterocycles. The maximum atomic E-state index is 13.1. The highest BCUT2D eigenvalue weighted by Gasteiger charge is 2.32. The Hall–Kier alpha value is -2.42. The van der Waals surface area contributed by atoms with Crippen LogP contribution in [-0.2, 0) is 17.5 Å². The molecule has 3 aromatic rings. The molecule has 5 nitrogen and oxygen atoms in total. The van der Waals surface area contributed by atoms with E-state index in [1.54, 1.807) is 37.6 Å². The number of nitrogens with zero attached hydrogens (tertiary/aromatic N) is 3. The number of likely N-dealkylation sites (N-methyl/N-ethyl adjacent to an activating group) is 1. The number of carbonyl (C=O) groups is 1. The molecule has 0 N–H and O–H groups in total. The lowest BCUT2D eigenvalue weighted by Crippen LogP contribution is -2.32. The molecule has 35 heavy (non-hydrogen) atoms. The smallest absolute Gasteiger partial charge is 0.379 e. The number of ether oxygens (including phenoxy) is 1. The van der Waals surface area contributed by atoms with E-state index in [1.165, 1.54) is 0 Å². The van der Waals surface area contributed by atoms with Gasteiger partial charge in [-0.25, -0.2) is 0 Å². The molecule has 2 heterocycles. The minimum atomic E-state index is -4.41. The van der Waals surface area contributed by atoms with Crippen molar-refractivity contribution in [3.8, 4) is 0 Å². The Balaban J connectivity index is 0.000000407. The van der Waals surface area contributed by atoms with Gasteiger partial charge in [-0.1, -0.05) is 25.4 Å². The molecule has 0 spiro atoms. The molecular formula is C26H33ClF3N3O2. The second-order valence-electron chi connectivity index (χ2n) is 8.20. The zero-order valence-electron chi connectivity index (χ0n) is 21.1. The first-order valence-corrected chi connectivity index (χ1v) is 11.9. The fraction of sp³-hybridized carbons (Fsp3) is 0.462. The first-order chi connectivity index (χ1) is 16.5. The van der Waals surface area contributed by atoms with Crippen LogP contribution in [0.1, 0.15) is 52.2 Å². The molecule has 0 radical (unpaired) electrons. The van der Waals surface area contributed by atoms with Crippen LogP contribution in [0.4, 0.5) is 13.2 Å². The number of morpholine rings is 1. The van der Waals surface area contributed by atoms with Crippen LogP contribution in [0.25, 0.3) is 10.9 Å². The highest BCUT2D eigenvalue weighted by Crippen LogP contribution is 2.35. The monoisotopic (exact) mass is 511 g/mol. The molecule has 0 saturated carbocycles. The lowest BCUT2D eigenvalue weighted by molar-refractivity contribution is -0.137. The predicted octanol–water partition coefficient (Wildman–Crippen LogP) is 6.47. The third kappa shape index (κ3) is 7.06. The van der Waals surface area contributed by atoms with Crippen molar-refractivity contribution in [2.75, 3.05) is 33.4 Å². The molecule has 1 aliphatic heterocycles. The molecule has 0 atom stereocenters. The maximum Gasteiger partial charge on any atom is 0.416 e. The van der Waals surface area contributed by atoms with Crippen molar-refractivity contribution in [3.05, 3.63) is 62.8 Å². The van der Waals surface area contributed by atoms with Crippen LogP contribution in [0.2, 0.25) is 5.02 Å². The number of benzene rings is 2. The second kappa shape index (κ2) is 12.5. The van der Waals surface area contributed by atoms with Crippen molar-refractivity contribution < 1.29 is 22.7 Å². The Morgan fingerprint density at radius 2 is 1.74 bits per heavy atom. The van der Waals surface area contributed by atoms with Gasteiger partial charge in [0.05, 0.1) is 36.5 Å². The first-order valence-electron chi connectivity index (χ1n) is 11.6. The van der Waals surface area contributed by atoms with E-state index in [0.717, 1.165) is 55.8 Å². The van der Waals surface area contributed by atoms with E-state index in [9.17, 15) is 18.0 Å². The molecule has 192 valence electrons. The van der Waals surface area contributed by atoms with E-state index in [0.29, 0.717) is 32.7 Å². The minimum absolute atomic E-state index is 0.267. The number of aldehydes is 1. The van der Waals surface area contributed by atoms with Gasteiger partial charge in [-0.3, -0.25) is 9.48 Å². The van der Waals surface area contributed by atoms with Crippen molar-refractivity contribution in [2.24, 2.45) is 0 Å². The maximum absolute atomic E-state index is 13.1. The average Bonchev–Trinajstić information content (AvgIpc) is 3.14. The van der Waals surface area contributed by atoms with E-state index in [-0.39, 0.29) is 6.54 Å². The summed E-state index contributed by atoms with van der Waals surface area (Å²) in [6, 6.07) is 5.52. The lowest BCUT2D eigenvalue weighted by Gasteiger charge is -2.21. The third-order valence-electron chi connectivity index (χ3n) is 5.80. The largest absolute Gasteiger partial charge is 0.416 e. The van der Waals surface area contributed by atoms with Crippen LogP contribution in [0.5, 0.6) is 0 Å². The van der Waals surface area contributed by atoms with E-state index >= 15 is 0 Å². The molecule has 0 bridgehead atoms. The number of hydrogen-bond donors (Lipinski definition) is 0. The Labute approximate surface area is 209 Å². The Kier molecular flexibility index (Phi) is 10.3. The third-order valence-corrected chi connectivity index (χ3v) is 6.15. The summed E-state index contributed by atoms with van der Waals surface area (Å²) in [4.78, 5) is 13.4. The summed E-state index contributed by atoms with van der Waals surface area (Å²) < 4.78 is 46.0. The van der Waals surface area contributed by atoms with Crippen molar-refractivity contribution >= 4 is 28.8 Å². The van der Waals surface area contributed by atoms with Crippen LogP contribution in [-0.4, -0.2) is 54.3 Å². The van der Waals surface area contributed by atoms with Crippen LogP contribution < -0.4 is 0 Å². The molecule has 1 aromatic heterocycles. The van der Waals surface area contributed by atoms with Gasteiger partial charge >= 0.3 is 6.18 Å². The fourth-order valence-electron chi connectivity index (χ4n) is 3.83. The van der Waals surface area contributed by atoms with Gasteiger partial charge in [0.25, 0.3) is 0 Å². The van der Waals surface area contributed by atoms with Gasteiger partial charge in [-0.15, -0.1) is 0 Å². The quantitative estimate of drug-likeness (QED) is 0.378. The fourth-order valence-corrected chi connectivity index (χ4v) is 4.09. The highest BCUT2D eigenvalue weighted by atomic mass is 35.5. The summed E-state index contributed by atoms with van der Waals surface area (Å²) in [5, 5.41) is 5.35. The number of hydrogen-bond acceptors (Lipinski definition) is 4. The number of fused-ring (bicyclic) bond motifs is 1. The van der Waals surface area contributed by atoms with Crippen molar-refractivity contribution in [3.63, 3.8) is 0 Å². The summed E-state index contributed by atoms with van der Waals surface area (Å²) >= 11 is 6.29. The number of alkyl halides is 3. The minimum Gasteiger partial charge on any atom is -0.379 e. The number of aryl methyl sites for hydroxylation is 2. The molecule has 1 fully saturated rings. The Morgan fingerprint density at radius 3 is 2.26 bits per heavy atom.